The normalized spacial score (nSPS) is 12.7. The number of rotatable bonds is 9. The van der Waals surface area contributed by atoms with Crippen LogP contribution in [0.1, 0.15) is 116 Å². The van der Waals surface area contributed by atoms with E-state index in [4.69, 9.17) is 19.5 Å². The van der Waals surface area contributed by atoms with E-state index < -0.39 is 0 Å². The molecule has 8 aromatic rings. The molecule has 6 heteroatoms. The lowest BCUT2D eigenvalue weighted by molar-refractivity contribution is 0.443. The lowest BCUT2D eigenvalue weighted by Crippen LogP contribution is -2.17. The summed E-state index contributed by atoms with van der Waals surface area (Å²) in [4.78, 5) is 9.98. The maximum atomic E-state index is 11.6. The highest BCUT2D eigenvalue weighted by molar-refractivity contribution is 6.10. The minimum atomic E-state index is -0.278. The van der Waals surface area contributed by atoms with Gasteiger partial charge in [0.25, 0.3) is 0 Å². The van der Waals surface area contributed by atoms with E-state index in [9.17, 15) is 10.2 Å². The van der Waals surface area contributed by atoms with Crippen LogP contribution in [0.4, 0.5) is 11.4 Å². The van der Waals surface area contributed by atoms with Crippen LogP contribution in [0.5, 0.6) is 34.5 Å². The molecule has 0 heterocycles. The van der Waals surface area contributed by atoms with Crippen LogP contribution in [0.3, 0.4) is 0 Å². The first kappa shape index (κ1) is 47.3. The first-order valence-corrected chi connectivity index (χ1v) is 23.5. The molecule has 0 unspecified atom stereocenters. The van der Waals surface area contributed by atoms with Crippen LogP contribution in [0, 0.1) is 0 Å². The van der Waals surface area contributed by atoms with Crippen molar-refractivity contribution in [2.75, 3.05) is 0 Å². The van der Waals surface area contributed by atoms with E-state index in [2.05, 4.69) is 132 Å². The maximum absolute atomic E-state index is 11.6. The van der Waals surface area contributed by atoms with Crippen LogP contribution in [-0.4, -0.2) is 22.6 Å². The zero-order valence-electron chi connectivity index (χ0n) is 41.6. The SMILES string of the molecule is CC(C)(C)c1cc(C=Nc2ccccc2Oc2ccc3ccccc3c2-c2c(Oc3ccccc3N=Cc3cc(C(C)(C)C)cc(C(C)(C)C)c3O)ccc3ccccc23)c(O)c(C(C)(C)C)c1. The Kier molecular flexibility index (Phi) is 12.6. The number of benzene rings is 8. The molecule has 8 rings (SSSR count). The molecule has 6 nitrogen and oxygen atoms in total. The molecule has 68 heavy (non-hydrogen) atoms. The van der Waals surface area contributed by atoms with E-state index in [0.717, 1.165) is 54.9 Å². The third kappa shape index (κ3) is 9.92. The van der Waals surface area contributed by atoms with E-state index in [1.54, 1.807) is 12.4 Å². The molecule has 0 bridgehead atoms. The number of ether oxygens (including phenoxy) is 2. The van der Waals surface area contributed by atoms with Crippen molar-refractivity contribution in [3.05, 3.63) is 179 Å². The summed E-state index contributed by atoms with van der Waals surface area (Å²) in [6.07, 6.45) is 3.48. The molecule has 0 aliphatic heterocycles. The average Bonchev–Trinajstić information content (AvgIpc) is 3.27. The summed E-state index contributed by atoms with van der Waals surface area (Å²) in [6.45, 7) is 25.8. The van der Waals surface area contributed by atoms with Gasteiger partial charge < -0.3 is 19.7 Å². The fraction of sp³-hybridized carbons (Fsp3) is 0.258. The molecule has 0 atom stereocenters. The van der Waals surface area contributed by atoms with E-state index in [0.29, 0.717) is 45.5 Å². The summed E-state index contributed by atoms with van der Waals surface area (Å²) in [5.41, 5.74) is 7.40. The smallest absolute Gasteiger partial charge is 0.153 e. The summed E-state index contributed by atoms with van der Waals surface area (Å²) in [5, 5.41) is 27.3. The van der Waals surface area contributed by atoms with Crippen molar-refractivity contribution >= 4 is 45.3 Å². The molecule has 0 aliphatic rings. The number of nitrogens with zero attached hydrogens (tertiary/aromatic N) is 2. The van der Waals surface area contributed by atoms with Crippen LogP contribution in [-0.2, 0) is 21.7 Å². The van der Waals surface area contributed by atoms with Crippen molar-refractivity contribution in [2.45, 2.75) is 105 Å². The quantitative estimate of drug-likeness (QED) is 0.141. The maximum Gasteiger partial charge on any atom is 0.153 e. The van der Waals surface area contributed by atoms with Gasteiger partial charge in [-0.15, -0.1) is 0 Å². The monoisotopic (exact) mass is 900 g/mol. The van der Waals surface area contributed by atoms with Crippen LogP contribution in [0.25, 0.3) is 32.7 Å². The molecule has 2 N–H and O–H groups in total. The number of para-hydroxylation sites is 4. The second-order valence-corrected chi connectivity index (χ2v) is 21.9. The van der Waals surface area contributed by atoms with Gasteiger partial charge in [-0.1, -0.05) is 180 Å². The van der Waals surface area contributed by atoms with Gasteiger partial charge in [-0.2, -0.15) is 0 Å². The van der Waals surface area contributed by atoms with Crippen LogP contribution in [0.2, 0.25) is 0 Å². The first-order chi connectivity index (χ1) is 32.1. The fourth-order valence-corrected chi connectivity index (χ4v) is 8.52. The Morgan fingerprint density at radius 3 is 1.10 bits per heavy atom. The Bertz CT molecular complexity index is 3020. The van der Waals surface area contributed by atoms with Crippen molar-refractivity contribution in [1.82, 2.24) is 0 Å². The van der Waals surface area contributed by atoms with E-state index >= 15 is 0 Å². The second kappa shape index (κ2) is 18.1. The van der Waals surface area contributed by atoms with E-state index in [-0.39, 0.29) is 33.2 Å². The van der Waals surface area contributed by atoms with Gasteiger partial charge in [0.1, 0.15) is 34.4 Å². The van der Waals surface area contributed by atoms with Crippen LogP contribution in [0.15, 0.2) is 156 Å². The minimum Gasteiger partial charge on any atom is -0.507 e. The van der Waals surface area contributed by atoms with Gasteiger partial charge in [-0.25, -0.2) is 0 Å². The molecule has 0 saturated carbocycles. The Balaban J connectivity index is 1.25. The fourth-order valence-electron chi connectivity index (χ4n) is 8.52. The largest absolute Gasteiger partial charge is 0.507 e. The zero-order chi connectivity index (χ0) is 48.8. The van der Waals surface area contributed by atoms with Gasteiger partial charge in [-0.05, 0) is 103 Å². The predicted molar refractivity (Wildman–Crippen MR) is 285 cm³/mol. The minimum absolute atomic E-state index is 0.137. The summed E-state index contributed by atoms with van der Waals surface area (Å²) < 4.78 is 14.1. The van der Waals surface area contributed by atoms with Gasteiger partial charge >= 0.3 is 0 Å². The third-order valence-electron chi connectivity index (χ3n) is 12.5. The number of hydrogen-bond donors (Lipinski definition) is 2. The Morgan fingerprint density at radius 1 is 0.382 bits per heavy atom. The van der Waals surface area contributed by atoms with Crippen molar-refractivity contribution in [2.24, 2.45) is 9.98 Å². The number of hydrogen-bond acceptors (Lipinski definition) is 6. The molecule has 0 radical (unpaired) electrons. The average molecular weight is 901 g/mol. The number of phenolic OH excluding ortho intramolecular Hbond substituents is 2. The summed E-state index contributed by atoms with van der Waals surface area (Å²) in [7, 11) is 0. The lowest BCUT2D eigenvalue weighted by Gasteiger charge is -2.27. The highest BCUT2D eigenvalue weighted by Gasteiger charge is 2.27. The van der Waals surface area contributed by atoms with Crippen molar-refractivity contribution in [3.8, 4) is 45.6 Å². The van der Waals surface area contributed by atoms with E-state index in [1.165, 1.54) is 0 Å². The Labute approximate surface area is 402 Å². The second-order valence-electron chi connectivity index (χ2n) is 21.9. The molecule has 0 aromatic heterocycles. The van der Waals surface area contributed by atoms with Crippen LogP contribution < -0.4 is 9.47 Å². The first-order valence-electron chi connectivity index (χ1n) is 23.5. The highest BCUT2D eigenvalue weighted by Crippen LogP contribution is 2.49. The summed E-state index contributed by atoms with van der Waals surface area (Å²) >= 11 is 0. The highest BCUT2D eigenvalue weighted by atomic mass is 16.5. The van der Waals surface area contributed by atoms with Crippen molar-refractivity contribution < 1.29 is 19.7 Å². The molecule has 0 spiro atoms. The topological polar surface area (TPSA) is 83.6 Å². The van der Waals surface area contributed by atoms with Crippen LogP contribution >= 0.6 is 0 Å². The lowest BCUT2D eigenvalue weighted by atomic mass is 9.79. The van der Waals surface area contributed by atoms with Crippen molar-refractivity contribution in [3.63, 3.8) is 0 Å². The van der Waals surface area contributed by atoms with Gasteiger partial charge in [0, 0.05) is 45.8 Å². The standard InChI is InChI=1S/C62H64N2O4/c1-59(2,3)43-33-41(57(65)47(35-43)61(7,8)9)37-63-49-25-17-19-27-51(49)67-53-31-29-39-21-13-15-23-45(39)55(53)56-46-24-16-14-22-40(46)30-32-54(56)68-52-28-20-18-26-50(52)64-38-42-34-44(60(4,5)6)36-48(58(42)66)62(10,11)12/h13-38,65-66H,1-12H3. The van der Waals surface area contributed by atoms with Gasteiger partial charge in [0.2, 0.25) is 0 Å². The summed E-state index contributed by atoms with van der Waals surface area (Å²) in [5.74, 6) is 2.80. The molecule has 0 amide bonds. The molecular formula is C62H64N2O4. The molecule has 8 aromatic carbocycles. The van der Waals surface area contributed by atoms with Gasteiger partial charge in [0.05, 0.1) is 0 Å². The van der Waals surface area contributed by atoms with Gasteiger partial charge in [-0.3, -0.25) is 9.98 Å². The number of phenols is 2. The third-order valence-corrected chi connectivity index (χ3v) is 12.5. The number of aliphatic imine (C=N–C) groups is 2. The van der Waals surface area contributed by atoms with E-state index in [1.807, 2.05) is 97.1 Å². The van der Waals surface area contributed by atoms with Gasteiger partial charge in [0.15, 0.2) is 11.5 Å². The zero-order valence-corrected chi connectivity index (χ0v) is 41.6. The Hall–Kier alpha value is -7.18. The molecule has 0 saturated heterocycles. The number of aromatic hydroxyl groups is 2. The molecule has 0 fully saturated rings. The Morgan fingerprint density at radius 2 is 0.735 bits per heavy atom. The number of fused-ring (bicyclic) bond motifs is 2. The molecule has 0 aliphatic carbocycles. The van der Waals surface area contributed by atoms with Crippen molar-refractivity contribution in [1.29, 1.82) is 0 Å². The summed E-state index contributed by atoms with van der Waals surface area (Å²) in [6, 6.07) is 48.6. The molecular weight excluding hydrogens is 837 g/mol. The predicted octanol–water partition coefficient (Wildman–Crippen LogP) is 17.3. The molecule has 346 valence electrons.